The van der Waals surface area contributed by atoms with Crippen molar-refractivity contribution in [2.75, 3.05) is 24.4 Å². The molecule has 3 aromatic rings. The summed E-state index contributed by atoms with van der Waals surface area (Å²) in [6.07, 6.45) is 1.96. The lowest BCUT2D eigenvalue weighted by atomic mass is 10.1. The zero-order chi connectivity index (χ0) is 19.8. The Hall–Kier alpha value is -3.54. The minimum absolute atomic E-state index is 0.120. The van der Waals surface area contributed by atoms with Gasteiger partial charge in [-0.05, 0) is 61.0 Å². The number of amides is 1. The maximum absolute atomic E-state index is 12.2. The number of hydrogen-bond donors (Lipinski definition) is 2. The molecule has 0 spiro atoms. The molecule has 0 radical (unpaired) electrons. The molecular weight excluding hydrogens is 354 g/mol. The van der Waals surface area contributed by atoms with Crippen LogP contribution in [0.1, 0.15) is 12.5 Å². The number of nitrogens with one attached hydrogen (secondary N) is 2. The highest BCUT2D eigenvalue weighted by molar-refractivity contribution is 5.91. The van der Waals surface area contributed by atoms with E-state index < -0.39 is 0 Å². The minimum atomic E-state index is -0.120. The van der Waals surface area contributed by atoms with Crippen LogP contribution in [0.2, 0.25) is 0 Å². The topological polar surface area (TPSA) is 72.5 Å². The van der Waals surface area contributed by atoms with Gasteiger partial charge in [-0.15, -0.1) is 0 Å². The van der Waals surface area contributed by atoms with Crippen LogP contribution < -0.4 is 20.1 Å². The number of nitrogens with zero attached hydrogens (tertiary/aromatic N) is 1. The van der Waals surface area contributed by atoms with Gasteiger partial charge in [0.15, 0.2) is 0 Å². The van der Waals surface area contributed by atoms with Crippen LogP contribution in [-0.4, -0.2) is 24.6 Å². The zero-order valence-electron chi connectivity index (χ0n) is 15.9. The lowest BCUT2D eigenvalue weighted by Crippen LogP contribution is -2.15. The summed E-state index contributed by atoms with van der Waals surface area (Å²) in [6, 6.07) is 18.7. The van der Waals surface area contributed by atoms with E-state index in [-0.39, 0.29) is 12.3 Å². The van der Waals surface area contributed by atoms with E-state index >= 15 is 0 Å². The molecule has 1 amide bonds. The fourth-order valence-electron chi connectivity index (χ4n) is 2.63. The van der Waals surface area contributed by atoms with Crippen molar-refractivity contribution in [2.24, 2.45) is 0 Å². The number of anilines is 3. The van der Waals surface area contributed by atoms with Gasteiger partial charge >= 0.3 is 0 Å². The molecule has 28 heavy (non-hydrogen) atoms. The Morgan fingerprint density at radius 3 is 2.21 bits per heavy atom. The average molecular weight is 377 g/mol. The molecule has 0 bridgehead atoms. The number of hydrogen-bond acceptors (Lipinski definition) is 5. The first kappa shape index (κ1) is 19.2. The summed E-state index contributed by atoms with van der Waals surface area (Å²) in [7, 11) is 1.61. The molecule has 0 aliphatic carbocycles. The van der Waals surface area contributed by atoms with Crippen molar-refractivity contribution in [1.29, 1.82) is 0 Å². The number of rotatable bonds is 8. The van der Waals surface area contributed by atoms with Crippen LogP contribution in [0.5, 0.6) is 11.5 Å². The number of carbonyl (C=O) groups excluding carboxylic acids is 1. The molecule has 0 unspecified atom stereocenters. The Morgan fingerprint density at radius 1 is 0.929 bits per heavy atom. The van der Waals surface area contributed by atoms with Gasteiger partial charge in [-0.25, -0.2) is 4.98 Å². The Morgan fingerprint density at radius 2 is 1.61 bits per heavy atom. The van der Waals surface area contributed by atoms with Crippen LogP contribution >= 0.6 is 0 Å². The zero-order valence-corrected chi connectivity index (χ0v) is 15.9. The number of ether oxygens (including phenoxy) is 2. The molecular formula is C22H23N3O3. The van der Waals surface area contributed by atoms with Gasteiger partial charge in [-0.2, -0.15) is 0 Å². The van der Waals surface area contributed by atoms with Crippen LogP contribution in [0.15, 0.2) is 66.9 Å². The van der Waals surface area contributed by atoms with Crippen molar-refractivity contribution in [3.63, 3.8) is 0 Å². The summed E-state index contributed by atoms with van der Waals surface area (Å²) < 4.78 is 10.5. The first-order valence-corrected chi connectivity index (χ1v) is 9.05. The summed E-state index contributed by atoms with van der Waals surface area (Å²) >= 11 is 0. The van der Waals surface area contributed by atoms with Gasteiger partial charge < -0.3 is 20.1 Å². The highest BCUT2D eigenvalue weighted by atomic mass is 16.5. The highest BCUT2D eigenvalue weighted by Gasteiger charge is 2.06. The van der Waals surface area contributed by atoms with Crippen molar-refractivity contribution < 1.29 is 14.3 Å². The first-order valence-electron chi connectivity index (χ1n) is 9.05. The average Bonchev–Trinajstić information content (AvgIpc) is 2.72. The Balaban J connectivity index is 1.53. The second-order valence-corrected chi connectivity index (χ2v) is 6.09. The molecule has 144 valence electrons. The van der Waals surface area contributed by atoms with E-state index in [1.165, 1.54) is 0 Å². The number of methoxy groups -OCH3 is 1. The fraction of sp³-hybridized carbons (Fsp3) is 0.182. The first-order chi connectivity index (χ1) is 13.7. The molecule has 0 saturated heterocycles. The molecule has 3 rings (SSSR count). The third-order valence-electron chi connectivity index (χ3n) is 4.01. The predicted molar refractivity (Wildman–Crippen MR) is 110 cm³/mol. The van der Waals surface area contributed by atoms with E-state index in [0.717, 1.165) is 28.4 Å². The fourth-order valence-corrected chi connectivity index (χ4v) is 2.63. The molecule has 0 atom stereocenters. The van der Waals surface area contributed by atoms with Gasteiger partial charge in [-0.3, -0.25) is 4.79 Å². The van der Waals surface area contributed by atoms with Gasteiger partial charge in [0.2, 0.25) is 5.91 Å². The van der Waals surface area contributed by atoms with Crippen molar-refractivity contribution in [3.05, 3.63) is 72.4 Å². The molecule has 6 heteroatoms. The van der Waals surface area contributed by atoms with Crippen molar-refractivity contribution >= 4 is 23.1 Å². The van der Waals surface area contributed by atoms with Gasteiger partial charge in [0.1, 0.15) is 17.3 Å². The monoisotopic (exact) mass is 377 g/mol. The minimum Gasteiger partial charge on any atom is -0.497 e. The van der Waals surface area contributed by atoms with E-state index in [4.69, 9.17) is 9.47 Å². The molecule has 0 saturated carbocycles. The van der Waals surface area contributed by atoms with Crippen LogP contribution in [0, 0.1) is 0 Å². The molecule has 6 nitrogen and oxygen atoms in total. The van der Waals surface area contributed by atoms with E-state index in [9.17, 15) is 4.79 Å². The van der Waals surface area contributed by atoms with Crippen molar-refractivity contribution in [1.82, 2.24) is 4.98 Å². The van der Waals surface area contributed by atoms with E-state index in [1.54, 1.807) is 19.4 Å². The molecule has 0 aliphatic rings. The van der Waals surface area contributed by atoms with Crippen LogP contribution in [0.3, 0.4) is 0 Å². The second kappa shape index (κ2) is 9.41. The summed E-state index contributed by atoms with van der Waals surface area (Å²) in [5.41, 5.74) is 2.67. The van der Waals surface area contributed by atoms with Crippen LogP contribution in [-0.2, 0) is 11.2 Å². The summed E-state index contributed by atoms with van der Waals surface area (Å²) in [4.78, 5) is 16.5. The lowest BCUT2D eigenvalue weighted by molar-refractivity contribution is -0.115. The van der Waals surface area contributed by atoms with Gasteiger partial charge in [0.05, 0.1) is 32.0 Å². The van der Waals surface area contributed by atoms with Gasteiger partial charge in [0, 0.05) is 5.69 Å². The molecule has 1 heterocycles. The van der Waals surface area contributed by atoms with Crippen molar-refractivity contribution in [3.8, 4) is 11.5 Å². The van der Waals surface area contributed by atoms with E-state index in [1.807, 2.05) is 61.5 Å². The smallest absolute Gasteiger partial charge is 0.229 e. The van der Waals surface area contributed by atoms with E-state index in [2.05, 4.69) is 15.6 Å². The number of carbonyl (C=O) groups is 1. The molecule has 1 aromatic heterocycles. The summed E-state index contributed by atoms with van der Waals surface area (Å²) in [5.74, 6) is 1.99. The Kier molecular flexibility index (Phi) is 6.46. The SMILES string of the molecule is CCOc1ccc(Nc2ccc(NC(=O)Cc3ccc(OC)cc3)nc2)cc1. The predicted octanol–water partition coefficient (Wildman–Crippen LogP) is 4.41. The van der Waals surface area contributed by atoms with E-state index in [0.29, 0.717) is 12.4 Å². The van der Waals surface area contributed by atoms with Crippen LogP contribution in [0.25, 0.3) is 0 Å². The number of pyridine rings is 1. The number of aromatic nitrogens is 1. The van der Waals surface area contributed by atoms with Crippen LogP contribution in [0.4, 0.5) is 17.2 Å². The highest BCUT2D eigenvalue weighted by Crippen LogP contribution is 2.20. The maximum Gasteiger partial charge on any atom is 0.229 e. The summed E-state index contributed by atoms with van der Waals surface area (Å²) in [6.45, 7) is 2.59. The largest absolute Gasteiger partial charge is 0.497 e. The number of benzene rings is 2. The maximum atomic E-state index is 12.2. The third kappa shape index (κ3) is 5.48. The Labute approximate surface area is 164 Å². The van der Waals surface area contributed by atoms with Gasteiger partial charge in [0.25, 0.3) is 0 Å². The van der Waals surface area contributed by atoms with Gasteiger partial charge in [-0.1, -0.05) is 12.1 Å². The quantitative estimate of drug-likeness (QED) is 0.608. The molecule has 2 N–H and O–H groups in total. The lowest BCUT2D eigenvalue weighted by Gasteiger charge is -2.09. The standard InChI is InChI=1S/C22H23N3O3/c1-3-28-20-11-6-17(7-12-20)24-18-8-13-21(23-15-18)25-22(26)14-16-4-9-19(27-2)10-5-16/h4-13,15,24H,3,14H2,1-2H3,(H,23,25,26). The second-order valence-electron chi connectivity index (χ2n) is 6.09. The molecule has 0 aliphatic heterocycles. The Bertz CT molecular complexity index is 892. The summed E-state index contributed by atoms with van der Waals surface area (Å²) in [5, 5.41) is 6.07. The molecule has 2 aromatic carbocycles. The normalized spacial score (nSPS) is 10.2. The molecule has 0 fully saturated rings. The third-order valence-corrected chi connectivity index (χ3v) is 4.01. The van der Waals surface area contributed by atoms with Crippen molar-refractivity contribution in [2.45, 2.75) is 13.3 Å².